The van der Waals surface area contributed by atoms with Gasteiger partial charge in [-0.1, -0.05) is 0 Å². The number of pyridine rings is 1. The lowest BCUT2D eigenvalue weighted by atomic mass is 10.2. The summed E-state index contributed by atoms with van der Waals surface area (Å²) in [5.41, 5.74) is 2.35. The lowest BCUT2D eigenvalue weighted by Gasteiger charge is -2.01. The van der Waals surface area contributed by atoms with Crippen molar-refractivity contribution >= 4 is 11.0 Å². The third-order valence-electron chi connectivity index (χ3n) is 3.56. The van der Waals surface area contributed by atoms with Crippen molar-refractivity contribution in [2.75, 3.05) is 0 Å². The maximum Gasteiger partial charge on any atom is 0.140 e. The first kappa shape index (κ1) is 12.2. The van der Waals surface area contributed by atoms with Gasteiger partial charge in [0.25, 0.3) is 0 Å². The van der Waals surface area contributed by atoms with Gasteiger partial charge in [-0.3, -0.25) is 0 Å². The van der Waals surface area contributed by atoms with Crippen LogP contribution >= 0.6 is 0 Å². The van der Waals surface area contributed by atoms with E-state index in [2.05, 4.69) is 33.2 Å². The molecule has 4 nitrogen and oxygen atoms in total. The molecule has 0 atom stereocenters. The smallest absolute Gasteiger partial charge is 0.140 e. The molecule has 0 radical (unpaired) electrons. The summed E-state index contributed by atoms with van der Waals surface area (Å²) < 4.78 is 2.18. The molecular formula is C15H18N4. The SMILES string of the molecule is N#CCCCn1cc(CNC2CC2)c2cccnc21. The van der Waals surface area contributed by atoms with Gasteiger partial charge in [0.1, 0.15) is 5.65 Å². The zero-order chi connectivity index (χ0) is 13.1. The first-order valence-electron chi connectivity index (χ1n) is 6.91. The van der Waals surface area contributed by atoms with E-state index in [0.717, 1.165) is 25.2 Å². The predicted molar refractivity (Wildman–Crippen MR) is 74.4 cm³/mol. The highest BCUT2D eigenvalue weighted by molar-refractivity contribution is 5.80. The van der Waals surface area contributed by atoms with E-state index >= 15 is 0 Å². The maximum atomic E-state index is 8.63. The zero-order valence-corrected chi connectivity index (χ0v) is 11.0. The standard InChI is InChI=1S/C15H18N4/c16-7-1-2-9-19-11-12(10-18-13-5-6-13)14-4-3-8-17-15(14)19/h3-4,8,11,13,18H,1-2,5-6,9-10H2. The Morgan fingerprint density at radius 2 is 2.37 bits per heavy atom. The van der Waals surface area contributed by atoms with Gasteiger partial charge in [0.05, 0.1) is 6.07 Å². The normalized spacial score (nSPS) is 14.7. The Morgan fingerprint density at radius 1 is 1.47 bits per heavy atom. The average molecular weight is 254 g/mol. The van der Waals surface area contributed by atoms with Crippen molar-refractivity contribution in [2.45, 2.75) is 44.8 Å². The Morgan fingerprint density at radius 3 is 3.16 bits per heavy atom. The number of nitrogens with one attached hydrogen (secondary N) is 1. The number of nitriles is 1. The molecule has 0 amide bonds. The van der Waals surface area contributed by atoms with Crippen molar-refractivity contribution < 1.29 is 0 Å². The molecule has 1 saturated carbocycles. The molecule has 1 aliphatic carbocycles. The van der Waals surface area contributed by atoms with Crippen LogP contribution in [-0.2, 0) is 13.1 Å². The van der Waals surface area contributed by atoms with Crippen molar-refractivity contribution in [1.82, 2.24) is 14.9 Å². The summed E-state index contributed by atoms with van der Waals surface area (Å²) in [6.07, 6.45) is 8.11. The minimum atomic E-state index is 0.599. The highest BCUT2D eigenvalue weighted by atomic mass is 15.0. The third-order valence-corrected chi connectivity index (χ3v) is 3.56. The molecule has 2 heterocycles. The fraction of sp³-hybridized carbons (Fsp3) is 0.467. The zero-order valence-electron chi connectivity index (χ0n) is 11.0. The van der Waals surface area contributed by atoms with Crippen LogP contribution in [0.5, 0.6) is 0 Å². The number of aromatic nitrogens is 2. The molecule has 0 bridgehead atoms. The molecule has 1 aliphatic rings. The maximum absolute atomic E-state index is 8.63. The fourth-order valence-electron chi connectivity index (χ4n) is 2.38. The van der Waals surface area contributed by atoms with Crippen LogP contribution in [0, 0.1) is 11.3 Å². The lowest BCUT2D eigenvalue weighted by Crippen LogP contribution is -2.14. The Balaban J connectivity index is 1.82. The molecule has 0 unspecified atom stereocenters. The summed E-state index contributed by atoms with van der Waals surface area (Å²) in [6, 6.07) is 7.03. The van der Waals surface area contributed by atoms with Gasteiger partial charge in [-0.2, -0.15) is 5.26 Å². The van der Waals surface area contributed by atoms with Gasteiger partial charge in [0, 0.05) is 43.3 Å². The third kappa shape index (κ3) is 2.77. The van der Waals surface area contributed by atoms with Crippen LogP contribution in [0.4, 0.5) is 0 Å². The highest BCUT2D eigenvalue weighted by Crippen LogP contribution is 2.23. The van der Waals surface area contributed by atoms with Gasteiger partial charge < -0.3 is 9.88 Å². The summed E-state index contributed by atoms with van der Waals surface area (Å²) in [6.45, 7) is 1.78. The monoisotopic (exact) mass is 254 g/mol. The van der Waals surface area contributed by atoms with Gasteiger partial charge in [-0.05, 0) is 37.0 Å². The van der Waals surface area contributed by atoms with E-state index < -0.39 is 0 Å². The summed E-state index contributed by atoms with van der Waals surface area (Å²) in [4.78, 5) is 4.48. The Hall–Kier alpha value is -1.86. The van der Waals surface area contributed by atoms with E-state index in [0.29, 0.717) is 12.5 Å². The van der Waals surface area contributed by atoms with Crippen LogP contribution in [0.25, 0.3) is 11.0 Å². The molecule has 0 aliphatic heterocycles. The summed E-state index contributed by atoms with van der Waals surface area (Å²) >= 11 is 0. The van der Waals surface area contributed by atoms with E-state index in [1.165, 1.54) is 23.8 Å². The second-order valence-corrected chi connectivity index (χ2v) is 5.14. The molecule has 0 aromatic carbocycles. The van der Waals surface area contributed by atoms with Crippen molar-refractivity contribution in [2.24, 2.45) is 0 Å². The fourth-order valence-corrected chi connectivity index (χ4v) is 2.38. The van der Waals surface area contributed by atoms with Gasteiger partial charge in [-0.15, -0.1) is 0 Å². The molecule has 3 rings (SSSR count). The molecule has 1 fully saturated rings. The Labute approximate surface area is 113 Å². The molecule has 2 aromatic heterocycles. The molecule has 19 heavy (non-hydrogen) atoms. The molecule has 98 valence electrons. The van der Waals surface area contributed by atoms with Crippen LogP contribution < -0.4 is 5.32 Å². The lowest BCUT2D eigenvalue weighted by molar-refractivity contribution is 0.657. The highest BCUT2D eigenvalue weighted by Gasteiger charge is 2.20. The first-order chi connectivity index (χ1) is 9.38. The van der Waals surface area contributed by atoms with Crippen molar-refractivity contribution in [3.63, 3.8) is 0 Å². The minimum Gasteiger partial charge on any atom is -0.332 e. The summed E-state index contributed by atoms with van der Waals surface area (Å²) in [7, 11) is 0. The van der Waals surface area contributed by atoms with E-state index in [1.54, 1.807) is 0 Å². The first-order valence-corrected chi connectivity index (χ1v) is 6.91. The average Bonchev–Trinajstić information content (AvgIpc) is 3.20. The molecule has 0 spiro atoms. The van der Waals surface area contributed by atoms with E-state index in [9.17, 15) is 0 Å². The molecule has 1 N–H and O–H groups in total. The number of rotatable bonds is 6. The second-order valence-electron chi connectivity index (χ2n) is 5.14. The van der Waals surface area contributed by atoms with E-state index in [1.807, 2.05) is 12.3 Å². The van der Waals surface area contributed by atoms with Crippen LogP contribution in [-0.4, -0.2) is 15.6 Å². The van der Waals surface area contributed by atoms with Gasteiger partial charge in [0.15, 0.2) is 0 Å². The van der Waals surface area contributed by atoms with Gasteiger partial charge >= 0.3 is 0 Å². The molecule has 4 heteroatoms. The van der Waals surface area contributed by atoms with Crippen molar-refractivity contribution in [1.29, 1.82) is 5.26 Å². The molecule has 2 aromatic rings. The van der Waals surface area contributed by atoms with Crippen LogP contribution in [0.15, 0.2) is 24.5 Å². The van der Waals surface area contributed by atoms with Gasteiger partial charge in [0.2, 0.25) is 0 Å². The second kappa shape index (κ2) is 5.41. The van der Waals surface area contributed by atoms with E-state index in [-0.39, 0.29) is 0 Å². The number of aryl methyl sites for hydroxylation is 1. The van der Waals surface area contributed by atoms with E-state index in [4.69, 9.17) is 5.26 Å². The van der Waals surface area contributed by atoms with Crippen molar-refractivity contribution in [3.05, 3.63) is 30.1 Å². The summed E-state index contributed by atoms with van der Waals surface area (Å²) in [5, 5.41) is 13.4. The van der Waals surface area contributed by atoms with Gasteiger partial charge in [-0.25, -0.2) is 4.98 Å². The molecular weight excluding hydrogens is 236 g/mol. The van der Waals surface area contributed by atoms with Crippen LogP contribution in [0.2, 0.25) is 0 Å². The Kier molecular flexibility index (Phi) is 3.47. The topological polar surface area (TPSA) is 53.6 Å². The Bertz CT molecular complexity index is 604. The largest absolute Gasteiger partial charge is 0.332 e. The minimum absolute atomic E-state index is 0.599. The predicted octanol–water partition coefficient (Wildman–Crippen LogP) is 2.59. The number of hydrogen-bond donors (Lipinski definition) is 1. The van der Waals surface area contributed by atoms with Crippen LogP contribution in [0.3, 0.4) is 0 Å². The number of fused-ring (bicyclic) bond motifs is 1. The molecule has 0 saturated heterocycles. The number of unbranched alkanes of at least 4 members (excludes halogenated alkanes) is 1. The number of nitrogens with zero attached hydrogens (tertiary/aromatic N) is 3. The van der Waals surface area contributed by atoms with Crippen LogP contribution in [0.1, 0.15) is 31.2 Å². The van der Waals surface area contributed by atoms with Crippen molar-refractivity contribution in [3.8, 4) is 6.07 Å². The quantitative estimate of drug-likeness (QED) is 0.806. The number of hydrogen-bond acceptors (Lipinski definition) is 3. The summed E-state index contributed by atoms with van der Waals surface area (Å²) in [5.74, 6) is 0.